The third-order valence-corrected chi connectivity index (χ3v) is 3.32. The molecule has 0 radical (unpaired) electrons. The number of nitrogen functional groups attached to an aromatic ring is 1. The number of nitrogens with zero attached hydrogens (tertiary/aromatic N) is 1. The second kappa shape index (κ2) is 6.09. The molecule has 0 atom stereocenters. The summed E-state index contributed by atoms with van der Waals surface area (Å²) in [6.07, 6.45) is 0. The lowest BCUT2D eigenvalue weighted by molar-refractivity contribution is 0.319. The minimum absolute atomic E-state index is 0.683. The van der Waals surface area contributed by atoms with E-state index >= 15 is 0 Å². The Morgan fingerprint density at radius 1 is 1.11 bits per heavy atom. The Morgan fingerprint density at radius 3 is 2.58 bits per heavy atom. The molecule has 100 valence electrons. The molecule has 0 aliphatic rings. The number of anilines is 1. The Hall–Kier alpha value is -1.51. The maximum absolute atomic E-state index is 5.98. The monoisotopic (exact) mass is 274 g/mol. The highest BCUT2D eigenvalue weighted by molar-refractivity contribution is 6.30. The maximum Gasteiger partial charge on any atom is 0.0426 e. The summed E-state index contributed by atoms with van der Waals surface area (Å²) in [7, 11) is 2.09. The van der Waals surface area contributed by atoms with Gasteiger partial charge in [0.2, 0.25) is 0 Å². The second-order valence-electron chi connectivity index (χ2n) is 5.00. The van der Waals surface area contributed by atoms with E-state index in [2.05, 4.69) is 43.1 Å². The molecule has 0 aromatic heterocycles. The van der Waals surface area contributed by atoms with E-state index < -0.39 is 0 Å². The standard InChI is InChI=1S/C16H19ClN2/c1-12-4-3-5-13(8-12)10-19(2)11-14-6-7-15(17)9-16(14)18/h3-9H,10-11,18H2,1-2H3. The predicted octanol–water partition coefficient (Wildman–Crippen LogP) is 3.86. The van der Waals surface area contributed by atoms with Gasteiger partial charge in [0.1, 0.15) is 0 Å². The fourth-order valence-electron chi connectivity index (χ4n) is 2.18. The van der Waals surface area contributed by atoms with Gasteiger partial charge in [-0.25, -0.2) is 0 Å². The fourth-order valence-corrected chi connectivity index (χ4v) is 2.36. The first-order valence-electron chi connectivity index (χ1n) is 6.32. The van der Waals surface area contributed by atoms with E-state index in [1.54, 1.807) is 6.07 Å². The van der Waals surface area contributed by atoms with E-state index in [4.69, 9.17) is 17.3 Å². The Morgan fingerprint density at radius 2 is 1.89 bits per heavy atom. The molecular formula is C16H19ClN2. The van der Waals surface area contributed by atoms with Gasteiger partial charge in [-0.1, -0.05) is 47.5 Å². The SMILES string of the molecule is Cc1cccc(CN(C)Cc2ccc(Cl)cc2N)c1. The van der Waals surface area contributed by atoms with Crippen molar-refractivity contribution in [2.45, 2.75) is 20.0 Å². The summed E-state index contributed by atoms with van der Waals surface area (Å²) < 4.78 is 0. The van der Waals surface area contributed by atoms with Crippen LogP contribution in [-0.2, 0) is 13.1 Å². The van der Waals surface area contributed by atoms with Crippen LogP contribution in [0.25, 0.3) is 0 Å². The molecule has 0 fully saturated rings. The zero-order chi connectivity index (χ0) is 13.8. The summed E-state index contributed by atoms with van der Waals surface area (Å²) in [6, 6.07) is 14.2. The number of aryl methyl sites for hydroxylation is 1. The summed E-state index contributed by atoms with van der Waals surface area (Å²) in [5, 5.41) is 0.683. The van der Waals surface area contributed by atoms with Crippen molar-refractivity contribution in [3.8, 4) is 0 Å². The molecule has 0 unspecified atom stereocenters. The molecule has 0 bridgehead atoms. The first-order chi connectivity index (χ1) is 9.04. The van der Waals surface area contributed by atoms with Crippen molar-refractivity contribution in [1.82, 2.24) is 4.90 Å². The highest BCUT2D eigenvalue weighted by Crippen LogP contribution is 2.19. The molecular weight excluding hydrogens is 256 g/mol. The molecule has 3 heteroatoms. The zero-order valence-corrected chi connectivity index (χ0v) is 12.1. The van der Waals surface area contributed by atoms with Crippen LogP contribution in [0.1, 0.15) is 16.7 Å². The molecule has 2 nitrogen and oxygen atoms in total. The molecule has 0 aliphatic carbocycles. The van der Waals surface area contributed by atoms with Crippen molar-refractivity contribution >= 4 is 17.3 Å². The van der Waals surface area contributed by atoms with Crippen LogP contribution in [0.15, 0.2) is 42.5 Å². The molecule has 0 aliphatic heterocycles. The van der Waals surface area contributed by atoms with Crippen molar-refractivity contribution in [1.29, 1.82) is 0 Å². The van der Waals surface area contributed by atoms with Crippen LogP contribution in [0, 0.1) is 6.92 Å². The number of halogens is 1. The number of nitrogens with two attached hydrogens (primary N) is 1. The molecule has 0 saturated heterocycles. The summed E-state index contributed by atoms with van der Waals surface area (Å²) in [5.74, 6) is 0. The van der Waals surface area contributed by atoms with Crippen molar-refractivity contribution in [3.63, 3.8) is 0 Å². The quantitative estimate of drug-likeness (QED) is 0.858. The lowest BCUT2D eigenvalue weighted by atomic mass is 10.1. The average molecular weight is 275 g/mol. The lowest BCUT2D eigenvalue weighted by Gasteiger charge is -2.18. The van der Waals surface area contributed by atoms with Gasteiger partial charge in [-0.2, -0.15) is 0 Å². The molecule has 19 heavy (non-hydrogen) atoms. The van der Waals surface area contributed by atoms with Gasteiger partial charge in [-0.15, -0.1) is 0 Å². The highest BCUT2D eigenvalue weighted by Gasteiger charge is 2.05. The van der Waals surface area contributed by atoms with Crippen LogP contribution < -0.4 is 5.73 Å². The van der Waals surface area contributed by atoms with E-state index in [9.17, 15) is 0 Å². The normalized spacial score (nSPS) is 10.9. The summed E-state index contributed by atoms with van der Waals surface area (Å²) in [6.45, 7) is 3.83. The van der Waals surface area contributed by atoms with Crippen LogP contribution in [0.3, 0.4) is 0 Å². The topological polar surface area (TPSA) is 29.3 Å². The fraction of sp³-hybridized carbons (Fsp3) is 0.250. The largest absolute Gasteiger partial charge is 0.398 e. The third-order valence-electron chi connectivity index (χ3n) is 3.08. The van der Waals surface area contributed by atoms with E-state index in [1.807, 2.05) is 12.1 Å². The Kier molecular flexibility index (Phi) is 4.46. The number of benzene rings is 2. The minimum atomic E-state index is 0.683. The minimum Gasteiger partial charge on any atom is -0.398 e. The molecule has 0 amide bonds. The van der Waals surface area contributed by atoms with Crippen molar-refractivity contribution in [2.24, 2.45) is 0 Å². The number of hydrogen-bond acceptors (Lipinski definition) is 2. The van der Waals surface area contributed by atoms with Crippen LogP contribution in [0.5, 0.6) is 0 Å². The van der Waals surface area contributed by atoms with Crippen LogP contribution in [-0.4, -0.2) is 11.9 Å². The summed E-state index contributed by atoms with van der Waals surface area (Å²) >= 11 is 5.91. The summed E-state index contributed by atoms with van der Waals surface area (Å²) in [4.78, 5) is 2.24. The predicted molar refractivity (Wildman–Crippen MR) is 82.2 cm³/mol. The number of hydrogen-bond donors (Lipinski definition) is 1. The molecule has 2 N–H and O–H groups in total. The van der Waals surface area contributed by atoms with E-state index in [-0.39, 0.29) is 0 Å². The molecule has 0 spiro atoms. The molecule has 2 aromatic carbocycles. The van der Waals surface area contributed by atoms with Gasteiger partial charge < -0.3 is 5.73 Å². The van der Waals surface area contributed by atoms with Gasteiger partial charge in [0.05, 0.1) is 0 Å². The van der Waals surface area contributed by atoms with Gasteiger partial charge in [0.25, 0.3) is 0 Å². The first-order valence-corrected chi connectivity index (χ1v) is 6.70. The zero-order valence-electron chi connectivity index (χ0n) is 11.4. The van der Waals surface area contributed by atoms with E-state index in [0.29, 0.717) is 5.02 Å². The maximum atomic E-state index is 5.98. The van der Waals surface area contributed by atoms with Gasteiger partial charge in [-0.05, 0) is 37.2 Å². The molecule has 0 saturated carbocycles. The third kappa shape index (κ3) is 3.98. The van der Waals surface area contributed by atoms with Crippen LogP contribution in [0.4, 0.5) is 5.69 Å². The molecule has 2 aromatic rings. The van der Waals surface area contributed by atoms with Crippen molar-refractivity contribution in [3.05, 3.63) is 64.2 Å². The Bertz CT molecular complexity index is 566. The second-order valence-corrected chi connectivity index (χ2v) is 5.44. The highest BCUT2D eigenvalue weighted by atomic mass is 35.5. The lowest BCUT2D eigenvalue weighted by Crippen LogP contribution is -2.18. The van der Waals surface area contributed by atoms with E-state index in [0.717, 1.165) is 24.3 Å². The Balaban J connectivity index is 2.03. The van der Waals surface area contributed by atoms with Gasteiger partial charge in [-0.3, -0.25) is 4.90 Å². The smallest absolute Gasteiger partial charge is 0.0426 e. The van der Waals surface area contributed by atoms with Crippen LogP contribution in [0.2, 0.25) is 5.02 Å². The average Bonchev–Trinajstić information content (AvgIpc) is 2.33. The van der Waals surface area contributed by atoms with Gasteiger partial charge >= 0.3 is 0 Å². The van der Waals surface area contributed by atoms with Gasteiger partial charge in [0, 0.05) is 23.8 Å². The van der Waals surface area contributed by atoms with Crippen LogP contribution >= 0.6 is 11.6 Å². The van der Waals surface area contributed by atoms with Gasteiger partial charge in [0.15, 0.2) is 0 Å². The van der Waals surface area contributed by atoms with Crippen molar-refractivity contribution < 1.29 is 0 Å². The molecule has 2 rings (SSSR count). The van der Waals surface area contributed by atoms with Crippen molar-refractivity contribution in [2.75, 3.05) is 12.8 Å². The first kappa shape index (κ1) is 13.9. The van der Waals surface area contributed by atoms with E-state index in [1.165, 1.54) is 11.1 Å². The summed E-state index contributed by atoms with van der Waals surface area (Å²) in [5.41, 5.74) is 10.4. The molecule has 0 heterocycles. The number of rotatable bonds is 4. The Labute approximate surface area is 119 Å².